The topological polar surface area (TPSA) is 55.1 Å². The first-order chi connectivity index (χ1) is 8.09. The Morgan fingerprint density at radius 1 is 1.47 bits per heavy atom. The molecule has 1 saturated carbocycles. The van der Waals surface area contributed by atoms with Gasteiger partial charge in [-0.15, -0.1) is 0 Å². The van der Waals surface area contributed by atoms with E-state index >= 15 is 0 Å². The molecule has 1 aromatic rings. The zero-order valence-electron chi connectivity index (χ0n) is 10.6. The van der Waals surface area contributed by atoms with Crippen molar-refractivity contribution in [3.8, 4) is 0 Å². The van der Waals surface area contributed by atoms with Crippen LogP contribution in [-0.4, -0.2) is 20.6 Å². The highest BCUT2D eigenvalue weighted by Crippen LogP contribution is 2.35. The fourth-order valence-corrected chi connectivity index (χ4v) is 2.92. The fourth-order valence-electron chi connectivity index (χ4n) is 2.92. The van der Waals surface area contributed by atoms with Crippen molar-refractivity contribution in [2.24, 2.45) is 7.05 Å². The number of aromatic nitrogens is 2. The molecule has 0 spiro atoms. The lowest BCUT2D eigenvalue weighted by molar-refractivity contribution is -0.137. The lowest BCUT2D eigenvalue weighted by atomic mass is 10.0. The van der Waals surface area contributed by atoms with Crippen LogP contribution in [0.4, 0.5) is 0 Å². The average Bonchev–Trinajstić information content (AvgIpc) is 2.84. The summed E-state index contributed by atoms with van der Waals surface area (Å²) in [5, 5.41) is 8.72. The molecule has 1 N–H and O–H groups in total. The molecule has 2 rings (SSSR count). The molecule has 1 heterocycles. The molecule has 4 nitrogen and oxygen atoms in total. The van der Waals surface area contributed by atoms with Crippen LogP contribution in [0.15, 0.2) is 0 Å². The Labute approximate surface area is 102 Å². The van der Waals surface area contributed by atoms with E-state index in [9.17, 15) is 4.79 Å². The van der Waals surface area contributed by atoms with Crippen LogP contribution in [0, 0.1) is 6.92 Å². The zero-order valence-corrected chi connectivity index (χ0v) is 10.6. The van der Waals surface area contributed by atoms with Crippen LogP contribution in [0.25, 0.3) is 0 Å². The third kappa shape index (κ3) is 2.51. The molecule has 0 amide bonds. The maximum absolute atomic E-state index is 10.6. The first kappa shape index (κ1) is 12.1. The fraction of sp³-hybridized carbons (Fsp3) is 0.692. The van der Waals surface area contributed by atoms with Gasteiger partial charge in [-0.05, 0) is 19.8 Å². The van der Waals surface area contributed by atoms with Gasteiger partial charge in [-0.1, -0.05) is 12.8 Å². The van der Waals surface area contributed by atoms with Gasteiger partial charge in [0, 0.05) is 25.1 Å². The smallest absolute Gasteiger partial charge is 0.303 e. The second-order valence-electron chi connectivity index (χ2n) is 4.93. The number of aryl methyl sites for hydroxylation is 2. The van der Waals surface area contributed by atoms with Gasteiger partial charge < -0.3 is 9.67 Å². The summed E-state index contributed by atoms with van der Waals surface area (Å²) in [6.45, 7) is 2.04. The lowest BCUT2D eigenvalue weighted by Crippen LogP contribution is -2.07. The first-order valence-corrected chi connectivity index (χ1v) is 6.33. The summed E-state index contributed by atoms with van der Waals surface area (Å²) in [6, 6.07) is 0. The van der Waals surface area contributed by atoms with Crippen molar-refractivity contribution in [1.82, 2.24) is 9.55 Å². The van der Waals surface area contributed by atoms with Crippen LogP contribution in [0.5, 0.6) is 0 Å². The van der Waals surface area contributed by atoms with Crippen molar-refractivity contribution in [3.05, 3.63) is 17.2 Å². The first-order valence-electron chi connectivity index (χ1n) is 6.33. The number of rotatable bonds is 4. The molecule has 1 aliphatic rings. The maximum Gasteiger partial charge on any atom is 0.303 e. The number of carboxylic acid groups (broad SMARTS) is 1. The van der Waals surface area contributed by atoms with E-state index in [-0.39, 0.29) is 6.42 Å². The standard InChI is InChI=1S/C13H20N2O2/c1-9-13(10-5-3-4-6-10)15(2)11(14-9)7-8-12(16)17/h10H,3-8H2,1-2H3,(H,16,17). The quantitative estimate of drug-likeness (QED) is 0.873. The van der Waals surface area contributed by atoms with Gasteiger partial charge >= 0.3 is 5.97 Å². The summed E-state index contributed by atoms with van der Waals surface area (Å²) in [4.78, 5) is 15.1. The molecule has 0 unspecified atom stereocenters. The van der Waals surface area contributed by atoms with Crippen molar-refractivity contribution in [3.63, 3.8) is 0 Å². The van der Waals surface area contributed by atoms with Gasteiger partial charge in [0.25, 0.3) is 0 Å². The van der Waals surface area contributed by atoms with Crippen LogP contribution in [-0.2, 0) is 18.3 Å². The third-order valence-corrected chi connectivity index (χ3v) is 3.72. The maximum atomic E-state index is 10.6. The molecule has 0 atom stereocenters. The van der Waals surface area contributed by atoms with Crippen LogP contribution in [0.3, 0.4) is 0 Å². The average molecular weight is 236 g/mol. The number of nitrogens with zero attached hydrogens (tertiary/aromatic N) is 2. The third-order valence-electron chi connectivity index (χ3n) is 3.72. The SMILES string of the molecule is Cc1nc(CCC(=O)O)n(C)c1C1CCCC1. The number of hydrogen-bond acceptors (Lipinski definition) is 2. The molecule has 0 aliphatic heterocycles. The minimum Gasteiger partial charge on any atom is -0.481 e. The number of imidazole rings is 1. The van der Waals surface area contributed by atoms with Gasteiger partial charge in [0.15, 0.2) is 0 Å². The molecule has 94 valence electrons. The summed E-state index contributed by atoms with van der Waals surface area (Å²) in [6.07, 6.45) is 5.80. The molecule has 4 heteroatoms. The molecule has 0 saturated heterocycles. The molecule has 1 aromatic heterocycles. The zero-order chi connectivity index (χ0) is 12.4. The van der Waals surface area contributed by atoms with Gasteiger partial charge in [-0.3, -0.25) is 4.79 Å². The number of carboxylic acids is 1. The van der Waals surface area contributed by atoms with Crippen LogP contribution >= 0.6 is 0 Å². The van der Waals surface area contributed by atoms with Crippen LogP contribution in [0.1, 0.15) is 55.2 Å². The van der Waals surface area contributed by atoms with E-state index in [2.05, 4.69) is 9.55 Å². The van der Waals surface area contributed by atoms with E-state index in [4.69, 9.17) is 5.11 Å². The van der Waals surface area contributed by atoms with Crippen molar-refractivity contribution in [2.75, 3.05) is 0 Å². The molecule has 17 heavy (non-hydrogen) atoms. The van der Waals surface area contributed by atoms with E-state index in [1.807, 2.05) is 14.0 Å². The second-order valence-corrected chi connectivity index (χ2v) is 4.93. The normalized spacial score (nSPS) is 16.6. The Morgan fingerprint density at radius 2 is 2.12 bits per heavy atom. The Morgan fingerprint density at radius 3 is 2.71 bits per heavy atom. The minimum absolute atomic E-state index is 0.161. The van der Waals surface area contributed by atoms with Crippen LogP contribution in [0.2, 0.25) is 0 Å². The van der Waals surface area contributed by atoms with Gasteiger partial charge in [0.2, 0.25) is 0 Å². The summed E-state index contributed by atoms with van der Waals surface area (Å²) in [5.74, 6) is 0.783. The van der Waals surface area contributed by atoms with E-state index in [1.165, 1.54) is 31.4 Å². The molecule has 0 aromatic carbocycles. The van der Waals surface area contributed by atoms with Gasteiger partial charge in [0.1, 0.15) is 5.82 Å². The molecular weight excluding hydrogens is 216 g/mol. The van der Waals surface area contributed by atoms with Crippen molar-refractivity contribution >= 4 is 5.97 Å². The highest BCUT2D eigenvalue weighted by molar-refractivity contribution is 5.66. The van der Waals surface area contributed by atoms with Gasteiger partial charge in [-0.2, -0.15) is 0 Å². The Bertz CT molecular complexity index is 417. The van der Waals surface area contributed by atoms with Gasteiger partial charge in [-0.25, -0.2) is 4.98 Å². The molecular formula is C13H20N2O2. The van der Waals surface area contributed by atoms with Gasteiger partial charge in [0.05, 0.1) is 12.1 Å². The molecule has 1 fully saturated rings. The number of hydrogen-bond donors (Lipinski definition) is 1. The summed E-state index contributed by atoms with van der Waals surface area (Å²) in [5.41, 5.74) is 2.41. The Balaban J connectivity index is 2.19. The molecule has 1 aliphatic carbocycles. The largest absolute Gasteiger partial charge is 0.481 e. The predicted octanol–water partition coefficient (Wildman–Crippen LogP) is 2.40. The summed E-state index contributed by atoms with van der Waals surface area (Å²) >= 11 is 0. The molecule has 0 radical (unpaired) electrons. The highest BCUT2D eigenvalue weighted by Gasteiger charge is 2.23. The lowest BCUT2D eigenvalue weighted by Gasteiger charge is -2.12. The minimum atomic E-state index is -0.756. The monoisotopic (exact) mass is 236 g/mol. The van der Waals surface area contributed by atoms with Crippen molar-refractivity contribution in [2.45, 2.75) is 51.4 Å². The second kappa shape index (κ2) is 4.90. The highest BCUT2D eigenvalue weighted by atomic mass is 16.4. The number of aliphatic carboxylic acids is 1. The van der Waals surface area contributed by atoms with E-state index in [1.54, 1.807) is 0 Å². The van der Waals surface area contributed by atoms with E-state index in [0.717, 1.165) is 11.5 Å². The predicted molar refractivity (Wildman–Crippen MR) is 65.1 cm³/mol. The molecule has 0 bridgehead atoms. The Hall–Kier alpha value is -1.32. The summed E-state index contributed by atoms with van der Waals surface area (Å²) in [7, 11) is 2.02. The van der Waals surface area contributed by atoms with Crippen molar-refractivity contribution in [1.29, 1.82) is 0 Å². The summed E-state index contributed by atoms with van der Waals surface area (Å²) < 4.78 is 2.12. The number of carbonyl (C=O) groups is 1. The van der Waals surface area contributed by atoms with Crippen LogP contribution < -0.4 is 0 Å². The van der Waals surface area contributed by atoms with E-state index < -0.39 is 5.97 Å². The Kier molecular flexibility index (Phi) is 3.50. The van der Waals surface area contributed by atoms with E-state index in [0.29, 0.717) is 12.3 Å². The van der Waals surface area contributed by atoms with Crippen molar-refractivity contribution < 1.29 is 9.90 Å².